The minimum atomic E-state index is -8.73. The lowest BCUT2D eigenvalue weighted by Gasteiger charge is -2.42. The molecule has 0 aliphatic rings. The second kappa shape index (κ2) is 11.9. The average molecular weight is 789 g/mol. The van der Waals surface area contributed by atoms with Gasteiger partial charge in [0.2, 0.25) is 0 Å². The van der Waals surface area contributed by atoms with Gasteiger partial charge in [0.15, 0.2) is 0 Å². The molecule has 0 bridgehead atoms. The van der Waals surface area contributed by atoms with E-state index in [1.807, 2.05) is 0 Å². The zero-order chi connectivity index (χ0) is 35.4. The van der Waals surface area contributed by atoms with Crippen LogP contribution in [-0.4, -0.2) is 65.3 Å². The van der Waals surface area contributed by atoms with Crippen LogP contribution in [0.25, 0.3) is 11.1 Å². The van der Waals surface area contributed by atoms with E-state index in [4.69, 9.17) is 0 Å². The summed E-state index contributed by atoms with van der Waals surface area (Å²) in [7, 11) is 0. The Labute approximate surface area is 256 Å². The van der Waals surface area contributed by atoms with E-state index >= 15 is 0 Å². The molecule has 45 heavy (non-hydrogen) atoms. The summed E-state index contributed by atoms with van der Waals surface area (Å²) in [6.45, 7) is 0.771. The quantitative estimate of drug-likeness (QED) is 0.133. The van der Waals surface area contributed by atoms with E-state index in [0.29, 0.717) is 4.47 Å². The zero-order valence-electron chi connectivity index (χ0n) is 21.0. The van der Waals surface area contributed by atoms with Gasteiger partial charge in [0, 0.05) is 15.4 Å². The lowest BCUT2D eigenvalue weighted by Crippen LogP contribution is -2.75. The number of rotatable bonds is 12. The number of nitrogens with one attached hydrogen (secondary N) is 1. The van der Waals surface area contributed by atoms with Crippen LogP contribution in [0.4, 0.5) is 75.2 Å². The van der Waals surface area contributed by atoms with Crippen LogP contribution in [0.5, 0.6) is 0 Å². The predicted octanol–water partition coefficient (Wildman–Crippen LogP) is 9.57. The Morgan fingerprint density at radius 1 is 0.756 bits per heavy atom. The third kappa shape index (κ3) is 5.93. The predicted molar refractivity (Wildman–Crippen MR) is 127 cm³/mol. The van der Waals surface area contributed by atoms with Crippen molar-refractivity contribution in [3.05, 3.63) is 39.7 Å². The van der Waals surface area contributed by atoms with Crippen LogP contribution in [0, 0.1) is 0 Å². The van der Waals surface area contributed by atoms with Gasteiger partial charge in [-0.3, -0.25) is 4.79 Å². The van der Waals surface area contributed by atoms with Gasteiger partial charge in [-0.05, 0) is 36.2 Å². The van der Waals surface area contributed by atoms with Crippen molar-refractivity contribution in [1.29, 1.82) is 0 Å². The zero-order valence-corrected chi connectivity index (χ0v) is 24.2. The first-order chi connectivity index (χ1) is 20.0. The topological polar surface area (TPSA) is 55.4 Å². The molecule has 0 unspecified atom stereocenters. The standard InChI is InChI=1S/C22H11BrClF16NO3S/c1-2-44-13(42)11-10(8-3-5-9(23)6-4-8)7-45-12(11)41-14(43)15(25,26)16(27,28)17(29,30)18(31,32)19(33,34)20(35,36)21(37,38)22(24,39)40/h3-7H,2H2,1H3,(H,41,43). The van der Waals surface area contributed by atoms with Crippen LogP contribution in [0.1, 0.15) is 17.3 Å². The number of benzene rings is 1. The van der Waals surface area contributed by atoms with E-state index < -0.39 is 75.9 Å². The van der Waals surface area contributed by atoms with Gasteiger partial charge in [0.05, 0.1) is 6.61 Å². The van der Waals surface area contributed by atoms with Crippen molar-refractivity contribution in [2.75, 3.05) is 11.9 Å². The normalized spacial score (nSPS) is 14.4. The van der Waals surface area contributed by atoms with Gasteiger partial charge in [0.1, 0.15) is 10.6 Å². The second-order valence-corrected chi connectivity index (χ2v) is 10.8. The van der Waals surface area contributed by atoms with E-state index in [0.717, 1.165) is 10.7 Å². The molecule has 1 aromatic carbocycles. The molecule has 4 nitrogen and oxygen atoms in total. The summed E-state index contributed by atoms with van der Waals surface area (Å²) in [6.07, 6.45) is 0. The molecule has 254 valence electrons. The van der Waals surface area contributed by atoms with Crippen molar-refractivity contribution in [2.45, 2.75) is 53.8 Å². The van der Waals surface area contributed by atoms with Crippen LogP contribution in [0.2, 0.25) is 0 Å². The van der Waals surface area contributed by atoms with Gasteiger partial charge < -0.3 is 10.1 Å². The average Bonchev–Trinajstić information content (AvgIpc) is 3.31. The van der Waals surface area contributed by atoms with Gasteiger partial charge in [-0.25, -0.2) is 4.79 Å². The van der Waals surface area contributed by atoms with Gasteiger partial charge >= 0.3 is 58.7 Å². The van der Waals surface area contributed by atoms with Crippen LogP contribution in [0.3, 0.4) is 0 Å². The van der Waals surface area contributed by atoms with Crippen molar-refractivity contribution < 1.29 is 84.6 Å². The molecular formula is C22H11BrClF16NO3S. The minimum absolute atomic E-state index is 0.0590. The van der Waals surface area contributed by atoms with Crippen LogP contribution in [-0.2, 0) is 9.53 Å². The SMILES string of the molecule is CCOC(=O)c1c(-c2ccc(Br)cc2)csc1NC(=O)C(F)(F)C(F)(F)C(F)(F)C(F)(F)C(F)(F)C(F)(F)C(F)(F)C(F)(F)Cl. The Balaban J connectivity index is 2.61. The highest BCUT2D eigenvalue weighted by atomic mass is 79.9. The molecule has 0 spiro atoms. The monoisotopic (exact) mass is 787 g/mol. The van der Waals surface area contributed by atoms with Crippen molar-refractivity contribution in [3.8, 4) is 11.1 Å². The van der Waals surface area contributed by atoms with Crippen molar-refractivity contribution in [3.63, 3.8) is 0 Å². The number of halogens is 18. The number of amides is 1. The first kappa shape index (κ1) is 38.7. The number of ether oxygens (including phenoxy) is 1. The van der Waals surface area contributed by atoms with Gasteiger partial charge in [0.25, 0.3) is 0 Å². The minimum Gasteiger partial charge on any atom is -0.462 e. The second-order valence-electron chi connectivity index (χ2n) is 8.55. The van der Waals surface area contributed by atoms with Gasteiger partial charge in [-0.15, -0.1) is 11.3 Å². The largest absolute Gasteiger partial charge is 0.462 e. The molecule has 0 saturated heterocycles. The van der Waals surface area contributed by atoms with E-state index in [9.17, 15) is 79.8 Å². The summed E-state index contributed by atoms with van der Waals surface area (Å²) in [5.74, 6) is -62.9. The van der Waals surface area contributed by atoms with Crippen LogP contribution in [0.15, 0.2) is 34.1 Å². The highest BCUT2D eigenvalue weighted by molar-refractivity contribution is 9.10. The molecule has 0 aliphatic heterocycles. The summed E-state index contributed by atoms with van der Waals surface area (Å²) in [5, 5.41) is -6.38. The number of alkyl halides is 17. The number of hydrogen-bond acceptors (Lipinski definition) is 4. The van der Waals surface area contributed by atoms with Crippen molar-refractivity contribution in [1.82, 2.24) is 0 Å². The fourth-order valence-corrected chi connectivity index (χ4v) is 4.52. The Morgan fingerprint density at radius 3 is 1.60 bits per heavy atom. The Kier molecular flexibility index (Phi) is 10.3. The summed E-state index contributed by atoms with van der Waals surface area (Å²) in [5.41, 5.74) is -1.11. The molecule has 1 amide bonds. The maximum Gasteiger partial charge on any atom is 0.393 e. The van der Waals surface area contributed by atoms with Crippen molar-refractivity contribution in [2.24, 2.45) is 0 Å². The molecule has 1 heterocycles. The van der Waals surface area contributed by atoms with E-state index in [1.165, 1.54) is 31.2 Å². The molecule has 0 atom stereocenters. The Morgan fingerprint density at radius 2 is 1.18 bits per heavy atom. The summed E-state index contributed by atoms with van der Waals surface area (Å²) in [6, 6.07) is 5.26. The number of carbonyl (C=O) groups excluding carboxylic acids is 2. The maximum absolute atomic E-state index is 14.5. The highest BCUT2D eigenvalue weighted by Crippen LogP contribution is 2.64. The van der Waals surface area contributed by atoms with Crippen LogP contribution < -0.4 is 5.32 Å². The van der Waals surface area contributed by atoms with E-state index in [2.05, 4.69) is 32.3 Å². The first-order valence-electron chi connectivity index (χ1n) is 11.1. The molecule has 2 aromatic rings. The summed E-state index contributed by atoms with van der Waals surface area (Å²) < 4.78 is 225. The molecule has 1 aromatic heterocycles. The Hall–Kier alpha value is -2.49. The number of hydrogen-bond donors (Lipinski definition) is 1. The molecule has 2 rings (SSSR count). The fourth-order valence-electron chi connectivity index (χ4n) is 3.19. The molecule has 0 fully saturated rings. The number of carbonyl (C=O) groups is 2. The van der Waals surface area contributed by atoms with Gasteiger partial charge in [-0.1, -0.05) is 28.1 Å². The number of thiophene rings is 1. The highest BCUT2D eigenvalue weighted by Gasteiger charge is 2.95. The van der Waals surface area contributed by atoms with Crippen LogP contribution >= 0.6 is 38.9 Å². The number of esters is 1. The Bertz CT molecular complexity index is 1430. The first-order valence-corrected chi connectivity index (χ1v) is 13.1. The fraction of sp³-hybridized carbons (Fsp3) is 0.455. The third-order valence-electron chi connectivity index (χ3n) is 5.66. The van der Waals surface area contributed by atoms with Crippen molar-refractivity contribution >= 4 is 55.7 Å². The summed E-state index contributed by atoms with van der Waals surface area (Å²) >= 11 is 6.60. The molecule has 0 saturated carbocycles. The smallest absolute Gasteiger partial charge is 0.393 e. The molecule has 0 radical (unpaired) electrons. The lowest BCUT2D eigenvalue weighted by molar-refractivity contribution is -0.445. The molecule has 1 N–H and O–H groups in total. The molecule has 0 aliphatic carbocycles. The lowest BCUT2D eigenvalue weighted by atomic mass is 9.89. The van der Waals surface area contributed by atoms with Gasteiger partial charge in [-0.2, -0.15) is 70.2 Å². The summed E-state index contributed by atoms with van der Waals surface area (Å²) in [4.78, 5) is 24.5. The van der Waals surface area contributed by atoms with E-state index in [-0.39, 0.29) is 22.5 Å². The maximum atomic E-state index is 14.5. The molecule has 23 heteroatoms. The molecular weight excluding hydrogens is 778 g/mol. The van der Waals surface area contributed by atoms with E-state index in [1.54, 1.807) is 0 Å². The third-order valence-corrected chi connectivity index (χ3v) is 7.32. The number of anilines is 1.